The second-order valence-electron chi connectivity index (χ2n) is 2.20. The first-order chi connectivity index (χ1) is 5.61. The Morgan fingerprint density at radius 1 is 1.25 bits per heavy atom. The lowest BCUT2D eigenvalue weighted by atomic mass is 10.3. The summed E-state index contributed by atoms with van der Waals surface area (Å²) in [6.45, 7) is -0.454. The Bertz CT molecular complexity index is 108. The minimum atomic E-state index is -1.60. The highest BCUT2D eigenvalue weighted by atomic mass is 16.6. The molecule has 3 unspecified atom stereocenters. The van der Waals surface area contributed by atoms with E-state index in [1.807, 2.05) is 0 Å². The van der Waals surface area contributed by atoms with Gasteiger partial charge >= 0.3 is 0 Å². The van der Waals surface area contributed by atoms with Crippen molar-refractivity contribution in [3.8, 4) is 0 Å². The molecule has 6 nitrogen and oxygen atoms in total. The Kier molecular flexibility index (Phi) is 6.17. The molecule has 73 valence electrons. The van der Waals surface area contributed by atoms with Gasteiger partial charge in [-0.1, -0.05) is 0 Å². The summed E-state index contributed by atoms with van der Waals surface area (Å²) in [6, 6.07) is 0. The lowest BCUT2D eigenvalue weighted by Crippen LogP contribution is -2.32. The quantitative estimate of drug-likeness (QED) is 0.291. The maximum absolute atomic E-state index is 8.81. The Labute approximate surface area is 69.6 Å². The van der Waals surface area contributed by atoms with Crippen LogP contribution in [0, 0.1) is 6.61 Å². The molecule has 0 saturated heterocycles. The second-order valence-corrected chi connectivity index (χ2v) is 2.20. The normalized spacial score (nSPS) is 18.8. The SMILES string of the molecule is O[CH]C(O)C(O)OCC(O)CO. The van der Waals surface area contributed by atoms with E-state index in [1.54, 1.807) is 0 Å². The van der Waals surface area contributed by atoms with Gasteiger partial charge in [0.1, 0.15) is 18.8 Å². The largest absolute Gasteiger partial charge is 0.394 e. The first-order valence-electron chi connectivity index (χ1n) is 3.36. The molecule has 0 heterocycles. The van der Waals surface area contributed by atoms with Crippen LogP contribution in [0.25, 0.3) is 0 Å². The van der Waals surface area contributed by atoms with Crippen LogP contribution >= 0.6 is 0 Å². The van der Waals surface area contributed by atoms with Crippen molar-refractivity contribution in [2.75, 3.05) is 13.2 Å². The maximum atomic E-state index is 8.81. The summed E-state index contributed by atoms with van der Waals surface area (Å²) in [4.78, 5) is 0. The highest BCUT2D eigenvalue weighted by Gasteiger charge is 2.17. The highest BCUT2D eigenvalue weighted by Crippen LogP contribution is 1.98. The lowest BCUT2D eigenvalue weighted by Gasteiger charge is -2.17. The molecule has 6 heteroatoms. The fourth-order valence-electron chi connectivity index (χ4n) is 0.435. The van der Waals surface area contributed by atoms with Crippen LogP contribution in [0.3, 0.4) is 0 Å². The lowest BCUT2D eigenvalue weighted by molar-refractivity contribution is -0.175. The zero-order valence-corrected chi connectivity index (χ0v) is 6.37. The predicted molar refractivity (Wildman–Crippen MR) is 37.3 cm³/mol. The van der Waals surface area contributed by atoms with E-state index in [1.165, 1.54) is 0 Å². The topological polar surface area (TPSA) is 110 Å². The van der Waals surface area contributed by atoms with Crippen molar-refractivity contribution in [3.05, 3.63) is 6.61 Å². The van der Waals surface area contributed by atoms with Crippen LogP contribution in [0.5, 0.6) is 0 Å². The van der Waals surface area contributed by atoms with Gasteiger partial charge in [0.2, 0.25) is 0 Å². The molecule has 0 aromatic heterocycles. The van der Waals surface area contributed by atoms with Crippen molar-refractivity contribution in [2.24, 2.45) is 0 Å². The molecule has 1 radical (unpaired) electrons. The van der Waals surface area contributed by atoms with Gasteiger partial charge in [-0.3, -0.25) is 0 Å². The van der Waals surface area contributed by atoms with Crippen molar-refractivity contribution >= 4 is 0 Å². The highest BCUT2D eigenvalue weighted by molar-refractivity contribution is 4.66. The molecule has 0 spiro atoms. The van der Waals surface area contributed by atoms with Crippen LogP contribution in [0.15, 0.2) is 0 Å². The van der Waals surface area contributed by atoms with Crippen molar-refractivity contribution in [2.45, 2.75) is 18.5 Å². The first-order valence-corrected chi connectivity index (χ1v) is 3.36. The maximum Gasteiger partial charge on any atom is 0.183 e. The zero-order valence-electron chi connectivity index (χ0n) is 6.37. The molecule has 0 fully saturated rings. The zero-order chi connectivity index (χ0) is 9.56. The molecule has 0 amide bonds. The van der Waals surface area contributed by atoms with Gasteiger partial charge < -0.3 is 30.3 Å². The summed E-state index contributed by atoms with van der Waals surface area (Å²) in [5, 5.41) is 42.7. The smallest absolute Gasteiger partial charge is 0.183 e. The number of hydrogen-bond donors (Lipinski definition) is 5. The van der Waals surface area contributed by atoms with Gasteiger partial charge in [0.25, 0.3) is 0 Å². The van der Waals surface area contributed by atoms with Crippen molar-refractivity contribution in [3.63, 3.8) is 0 Å². The van der Waals surface area contributed by atoms with Crippen LogP contribution in [0.1, 0.15) is 0 Å². The fraction of sp³-hybridized carbons (Fsp3) is 0.833. The van der Waals surface area contributed by atoms with Gasteiger partial charge in [-0.25, -0.2) is 0 Å². The fourth-order valence-corrected chi connectivity index (χ4v) is 0.435. The van der Waals surface area contributed by atoms with Crippen molar-refractivity contribution in [1.29, 1.82) is 0 Å². The van der Waals surface area contributed by atoms with Crippen LogP contribution in [0.4, 0.5) is 0 Å². The van der Waals surface area contributed by atoms with E-state index in [0.29, 0.717) is 6.61 Å². The minimum Gasteiger partial charge on any atom is -0.394 e. The summed E-state index contributed by atoms with van der Waals surface area (Å²) in [6.07, 6.45) is -4.22. The summed E-state index contributed by atoms with van der Waals surface area (Å²) in [5.41, 5.74) is 0. The van der Waals surface area contributed by atoms with E-state index >= 15 is 0 Å². The monoisotopic (exact) mass is 181 g/mol. The van der Waals surface area contributed by atoms with Gasteiger partial charge in [0.15, 0.2) is 6.29 Å². The van der Waals surface area contributed by atoms with Crippen LogP contribution in [-0.4, -0.2) is 57.2 Å². The van der Waals surface area contributed by atoms with E-state index in [9.17, 15) is 0 Å². The van der Waals surface area contributed by atoms with Crippen LogP contribution in [0.2, 0.25) is 0 Å². The van der Waals surface area contributed by atoms with Crippen molar-refractivity contribution < 1.29 is 30.3 Å². The number of aliphatic hydroxyl groups is 5. The van der Waals surface area contributed by atoms with Gasteiger partial charge in [0.05, 0.1) is 13.2 Å². The van der Waals surface area contributed by atoms with E-state index < -0.39 is 25.1 Å². The van der Waals surface area contributed by atoms with Crippen LogP contribution in [-0.2, 0) is 4.74 Å². The van der Waals surface area contributed by atoms with Gasteiger partial charge in [-0.15, -0.1) is 0 Å². The standard InChI is InChI=1S/C6H13O6/c7-1-4(9)3-12-6(11)5(10)2-8/h2,4-11H,1,3H2. The Morgan fingerprint density at radius 2 is 1.83 bits per heavy atom. The van der Waals surface area contributed by atoms with E-state index in [-0.39, 0.29) is 6.61 Å². The molecule has 5 N–H and O–H groups in total. The minimum absolute atomic E-state index is 0.317. The molecular formula is C6H13O6. The van der Waals surface area contributed by atoms with Gasteiger partial charge in [-0.05, 0) is 0 Å². The van der Waals surface area contributed by atoms with E-state index in [4.69, 9.17) is 25.5 Å². The number of aliphatic hydroxyl groups excluding tert-OH is 5. The van der Waals surface area contributed by atoms with Crippen LogP contribution < -0.4 is 0 Å². The Balaban J connectivity index is 3.49. The third kappa shape index (κ3) is 4.60. The predicted octanol–water partition coefficient (Wildman–Crippen LogP) is -2.43. The summed E-state index contributed by atoms with van der Waals surface area (Å²) < 4.78 is 4.45. The van der Waals surface area contributed by atoms with Gasteiger partial charge in [-0.2, -0.15) is 0 Å². The third-order valence-electron chi connectivity index (χ3n) is 1.12. The van der Waals surface area contributed by atoms with Crippen molar-refractivity contribution in [1.82, 2.24) is 0 Å². The number of ether oxygens (including phenoxy) is 1. The van der Waals surface area contributed by atoms with E-state index in [2.05, 4.69) is 4.74 Å². The number of hydrogen-bond acceptors (Lipinski definition) is 6. The molecule has 0 aromatic rings. The Hall–Kier alpha value is -0.240. The average molecular weight is 181 g/mol. The second kappa shape index (κ2) is 6.30. The average Bonchev–Trinajstić information content (AvgIpc) is 2.11. The molecule has 0 saturated carbocycles. The van der Waals surface area contributed by atoms with Gasteiger partial charge in [0, 0.05) is 0 Å². The third-order valence-corrected chi connectivity index (χ3v) is 1.12. The Morgan fingerprint density at radius 3 is 2.25 bits per heavy atom. The molecule has 0 rings (SSSR count). The summed E-state index contributed by atoms with van der Waals surface area (Å²) >= 11 is 0. The molecule has 0 aromatic carbocycles. The van der Waals surface area contributed by atoms with E-state index in [0.717, 1.165) is 0 Å². The molecule has 0 aliphatic carbocycles. The first kappa shape index (κ1) is 11.8. The summed E-state index contributed by atoms with van der Waals surface area (Å²) in [5.74, 6) is 0. The number of rotatable bonds is 6. The summed E-state index contributed by atoms with van der Waals surface area (Å²) in [7, 11) is 0. The molecule has 0 aliphatic rings. The molecule has 12 heavy (non-hydrogen) atoms. The molecule has 3 atom stereocenters. The molecule has 0 aliphatic heterocycles. The molecular weight excluding hydrogens is 168 g/mol. The molecule has 0 bridgehead atoms.